The molecule has 0 atom stereocenters. The number of ether oxygens (including phenoxy) is 1. The van der Waals surface area contributed by atoms with E-state index in [1.54, 1.807) is 6.92 Å². The summed E-state index contributed by atoms with van der Waals surface area (Å²) in [7, 11) is -3.07. The van der Waals surface area contributed by atoms with Gasteiger partial charge in [-0.3, -0.25) is 9.79 Å². The molecule has 0 aliphatic carbocycles. The van der Waals surface area contributed by atoms with Gasteiger partial charge in [-0.05, 0) is 43.3 Å². The minimum atomic E-state index is -5.30. The highest BCUT2D eigenvalue weighted by molar-refractivity contribution is 7.90. The summed E-state index contributed by atoms with van der Waals surface area (Å²) in [6.07, 6.45) is -4.86. The zero-order chi connectivity index (χ0) is 22.5. The van der Waals surface area contributed by atoms with Crippen LogP contribution in [0.15, 0.2) is 69.8 Å². The highest BCUT2D eigenvalue weighted by Gasteiger charge is 2.39. The molecule has 0 heterocycles. The molecule has 0 aromatic heterocycles. The number of hydrogen-bond donors (Lipinski definition) is 2. The topological polar surface area (TPSA) is 105 Å². The monoisotopic (exact) mass is 442 g/mol. The van der Waals surface area contributed by atoms with Gasteiger partial charge in [0.1, 0.15) is 11.3 Å². The first-order valence-electron chi connectivity index (χ1n) is 8.26. The molecule has 1 amide bonds. The van der Waals surface area contributed by atoms with Gasteiger partial charge in [0.25, 0.3) is 15.9 Å². The summed E-state index contributed by atoms with van der Waals surface area (Å²) >= 11 is 0. The maximum atomic E-state index is 13.0. The number of halogens is 3. The number of amides is 1. The minimum absolute atomic E-state index is 0.137. The summed E-state index contributed by atoms with van der Waals surface area (Å²) in [5.41, 5.74) is -0.492. The Kier molecular flexibility index (Phi) is 6.88. The van der Waals surface area contributed by atoms with E-state index in [0.717, 1.165) is 5.56 Å². The van der Waals surface area contributed by atoms with E-state index in [9.17, 15) is 31.5 Å². The highest BCUT2D eigenvalue weighted by Crippen LogP contribution is 2.26. The van der Waals surface area contributed by atoms with Crippen LogP contribution in [0, 0.1) is 6.92 Å². The molecular formula is C19H17F3N2O5S. The number of nitrogens with one attached hydrogen (secondary N) is 1. The quantitative estimate of drug-likeness (QED) is 0.404. The van der Waals surface area contributed by atoms with Crippen LogP contribution < -0.4 is 9.46 Å². The fraction of sp³-hybridized carbons (Fsp3) is 0.158. The number of rotatable bonds is 6. The molecule has 30 heavy (non-hydrogen) atoms. The summed E-state index contributed by atoms with van der Waals surface area (Å²) in [4.78, 5) is 15.7. The predicted octanol–water partition coefficient (Wildman–Crippen LogP) is 3.59. The van der Waals surface area contributed by atoms with Crippen LogP contribution in [0.4, 0.5) is 18.9 Å². The number of hydrogen-bond acceptors (Lipinski definition) is 6. The molecular weight excluding hydrogens is 425 g/mol. The molecule has 11 heteroatoms. The van der Waals surface area contributed by atoms with E-state index < -0.39 is 33.4 Å². The average Bonchev–Trinajstić information content (AvgIpc) is 2.67. The summed E-state index contributed by atoms with van der Waals surface area (Å²) in [6, 6.07) is 11.0. The highest BCUT2D eigenvalue weighted by atomic mass is 32.2. The Morgan fingerprint density at radius 3 is 2.17 bits per heavy atom. The predicted molar refractivity (Wildman–Crippen MR) is 103 cm³/mol. The van der Waals surface area contributed by atoms with E-state index in [-0.39, 0.29) is 10.6 Å². The van der Waals surface area contributed by atoms with Crippen molar-refractivity contribution in [2.24, 2.45) is 4.99 Å². The molecule has 2 aromatic rings. The van der Waals surface area contributed by atoms with Crippen molar-refractivity contribution in [1.82, 2.24) is 4.72 Å². The number of sulfonamides is 1. The third-order valence-electron chi connectivity index (χ3n) is 3.74. The van der Waals surface area contributed by atoms with Crippen molar-refractivity contribution in [2.75, 3.05) is 7.11 Å². The van der Waals surface area contributed by atoms with Gasteiger partial charge in [-0.2, -0.15) is 13.2 Å². The minimum Gasteiger partial charge on any atom is -0.504 e. The van der Waals surface area contributed by atoms with Gasteiger partial charge in [0.15, 0.2) is 0 Å². The Labute approximate surface area is 170 Å². The second kappa shape index (κ2) is 8.99. The first-order chi connectivity index (χ1) is 13.9. The second-order valence-corrected chi connectivity index (χ2v) is 7.65. The fourth-order valence-corrected chi connectivity index (χ4v) is 3.11. The Morgan fingerprint density at radius 2 is 1.67 bits per heavy atom. The van der Waals surface area contributed by atoms with Crippen LogP contribution >= 0.6 is 0 Å². The second-order valence-electron chi connectivity index (χ2n) is 5.96. The van der Waals surface area contributed by atoms with E-state index in [2.05, 4.69) is 4.99 Å². The van der Waals surface area contributed by atoms with Gasteiger partial charge in [0.05, 0.1) is 17.7 Å². The van der Waals surface area contributed by atoms with Crippen molar-refractivity contribution in [2.45, 2.75) is 18.0 Å². The maximum Gasteiger partial charge on any atom is 0.449 e. The third kappa shape index (κ3) is 5.83. The van der Waals surface area contributed by atoms with Crippen molar-refractivity contribution < 1.29 is 36.2 Å². The molecule has 2 aromatic carbocycles. The zero-order valence-electron chi connectivity index (χ0n) is 15.8. The number of aliphatic hydroxyl groups is 1. The summed E-state index contributed by atoms with van der Waals surface area (Å²) < 4.78 is 69.9. The van der Waals surface area contributed by atoms with Crippen LogP contribution in [0.3, 0.4) is 0 Å². The van der Waals surface area contributed by atoms with E-state index in [0.29, 0.717) is 12.0 Å². The van der Waals surface area contributed by atoms with Crippen LogP contribution in [0.2, 0.25) is 0 Å². The summed E-state index contributed by atoms with van der Waals surface area (Å²) in [5.74, 6) is -3.51. The Balaban J connectivity index is 2.38. The lowest BCUT2D eigenvalue weighted by Gasteiger charge is -2.11. The molecule has 0 fully saturated rings. The van der Waals surface area contributed by atoms with Crippen LogP contribution in [-0.2, 0) is 14.8 Å². The van der Waals surface area contributed by atoms with E-state index in [4.69, 9.17) is 4.74 Å². The SMILES string of the molecule is COc1ccc(N=C/C(C(=O)NS(=O)(=O)c2ccc(C)cc2)=C(\O)C(F)(F)F)cc1. The molecule has 0 unspecified atom stereocenters. The Hall–Kier alpha value is -3.34. The number of aryl methyl sites for hydroxylation is 1. The van der Waals surface area contributed by atoms with E-state index >= 15 is 0 Å². The van der Waals surface area contributed by atoms with Crippen molar-refractivity contribution in [3.05, 3.63) is 65.4 Å². The van der Waals surface area contributed by atoms with Crippen molar-refractivity contribution in [1.29, 1.82) is 0 Å². The van der Waals surface area contributed by atoms with Gasteiger partial charge in [0.2, 0.25) is 5.76 Å². The fourth-order valence-electron chi connectivity index (χ4n) is 2.14. The molecule has 0 spiro atoms. The standard InChI is InChI=1S/C19H17F3N2O5S/c1-12-3-9-15(10-4-12)30(27,28)24-18(26)16(17(25)19(20,21)22)11-23-13-5-7-14(29-2)8-6-13/h3-11,25H,1-2H3,(H,24,26)/b17-16+,23-11?. The molecule has 160 valence electrons. The zero-order valence-corrected chi connectivity index (χ0v) is 16.6. The largest absolute Gasteiger partial charge is 0.504 e. The summed E-state index contributed by atoms with van der Waals surface area (Å²) in [5, 5.41) is 9.47. The Bertz CT molecular complexity index is 1070. The first kappa shape index (κ1) is 22.9. The molecule has 7 nitrogen and oxygen atoms in total. The molecule has 0 saturated carbocycles. The van der Waals surface area contributed by atoms with E-state index in [1.165, 1.54) is 60.4 Å². The lowest BCUT2D eigenvalue weighted by molar-refractivity contribution is -0.126. The van der Waals surface area contributed by atoms with E-state index in [1.807, 2.05) is 0 Å². The van der Waals surface area contributed by atoms with Gasteiger partial charge >= 0.3 is 6.18 Å². The number of alkyl halides is 3. The van der Waals surface area contributed by atoms with Crippen LogP contribution in [0.1, 0.15) is 5.56 Å². The number of nitrogens with zero attached hydrogens (tertiary/aromatic N) is 1. The molecule has 0 aliphatic rings. The number of aliphatic imine (C=N–C) groups is 1. The van der Waals surface area contributed by atoms with Gasteiger partial charge in [-0.15, -0.1) is 0 Å². The number of carbonyl (C=O) groups is 1. The van der Waals surface area contributed by atoms with Gasteiger partial charge in [-0.1, -0.05) is 17.7 Å². The smallest absolute Gasteiger partial charge is 0.449 e. The molecule has 0 radical (unpaired) electrons. The Morgan fingerprint density at radius 1 is 1.10 bits per heavy atom. The number of carbonyl (C=O) groups excluding carboxylic acids is 1. The van der Waals surface area contributed by atoms with Gasteiger partial charge in [0, 0.05) is 6.21 Å². The number of methoxy groups -OCH3 is 1. The molecule has 2 rings (SSSR count). The van der Waals surface area contributed by atoms with Crippen molar-refractivity contribution in [3.8, 4) is 5.75 Å². The van der Waals surface area contributed by atoms with Crippen molar-refractivity contribution in [3.63, 3.8) is 0 Å². The van der Waals surface area contributed by atoms with Gasteiger partial charge < -0.3 is 9.84 Å². The molecule has 0 aliphatic heterocycles. The third-order valence-corrected chi connectivity index (χ3v) is 5.09. The normalized spacial score (nSPS) is 13.1. The molecule has 2 N–H and O–H groups in total. The lowest BCUT2D eigenvalue weighted by Crippen LogP contribution is -2.34. The van der Waals surface area contributed by atoms with Gasteiger partial charge in [-0.25, -0.2) is 13.1 Å². The number of aliphatic hydroxyl groups excluding tert-OH is 1. The number of benzene rings is 2. The molecule has 0 saturated heterocycles. The van der Waals surface area contributed by atoms with Crippen LogP contribution in [0.5, 0.6) is 5.75 Å². The summed E-state index contributed by atoms with van der Waals surface area (Å²) in [6.45, 7) is 1.70. The average molecular weight is 442 g/mol. The lowest BCUT2D eigenvalue weighted by atomic mass is 10.2. The molecule has 0 bridgehead atoms. The first-order valence-corrected chi connectivity index (χ1v) is 9.75. The van der Waals surface area contributed by atoms with Crippen LogP contribution in [-0.4, -0.2) is 38.9 Å². The number of allylic oxidation sites excluding steroid dienone is 1. The van der Waals surface area contributed by atoms with Crippen LogP contribution in [0.25, 0.3) is 0 Å². The maximum absolute atomic E-state index is 13.0. The van der Waals surface area contributed by atoms with Crippen molar-refractivity contribution >= 4 is 27.8 Å².